The monoisotopic (exact) mass is 223 g/mol. The van der Waals surface area contributed by atoms with E-state index in [4.69, 9.17) is 14.3 Å². The molecule has 4 heteroatoms. The van der Waals surface area contributed by atoms with Crippen LogP contribution in [0, 0.1) is 6.92 Å². The average Bonchev–Trinajstić information content (AvgIpc) is 2.29. The molecule has 0 saturated heterocycles. The van der Waals surface area contributed by atoms with Crippen molar-refractivity contribution >= 4 is 0 Å². The van der Waals surface area contributed by atoms with Gasteiger partial charge in [0.05, 0.1) is 26.9 Å². The fraction of sp³-hybridized carbons (Fsp3) is 0.500. The van der Waals surface area contributed by atoms with Crippen molar-refractivity contribution in [2.75, 3.05) is 20.8 Å². The molecule has 1 aromatic carbocycles. The van der Waals surface area contributed by atoms with Crippen LogP contribution in [0.3, 0.4) is 0 Å². The Bertz CT molecular complexity index is 379. The van der Waals surface area contributed by atoms with Gasteiger partial charge in [0.1, 0.15) is 0 Å². The lowest BCUT2D eigenvalue weighted by molar-refractivity contribution is 0.0458. The predicted molar refractivity (Wildman–Crippen MR) is 60.7 cm³/mol. The Labute approximate surface area is 95.5 Å². The van der Waals surface area contributed by atoms with Crippen LogP contribution in [0.5, 0.6) is 11.5 Å². The van der Waals surface area contributed by atoms with Gasteiger partial charge in [0, 0.05) is 12.0 Å². The maximum Gasteiger partial charge on any atom is 0.166 e. The second-order valence-corrected chi connectivity index (χ2v) is 3.90. The van der Waals surface area contributed by atoms with E-state index in [-0.39, 0.29) is 6.04 Å². The first-order valence-electron chi connectivity index (χ1n) is 5.36. The lowest BCUT2D eigenvalue weighted by atomic mass is 9.98. The molecular weight excluding hydrogens is 206 g/mol. The van der Waals surface area contributed by atoms with Crippen LogP contribution >= 0.6 is 0 Å². The third-order valence-electron chi connectivity index (χ3n) is 2.74. The van der Waals surface area contributed by atoms with E-state index >= 15 is 0 Å². The molecular formula is C12H17NO3. The number of benzene rings is 1. The van der Waals surface area contributed by atoms with Gasteiger partial charge >= 0.3 is 0 Å². The number of hydroxylamine groups is 1. The molecule has 2 rings (SSSR count). The zero-order chi connectivity index (χ0) is 11.5. The van der Waals surface area contributed by atoms with E-state index in [9.17, 15) is 0 Å². The lowest BCUT2D eigenvalue weighted by Crippen LogP contribution is -2.26. The van der Waals surface area contributed by atoms with Crippen molar-refractivity contribution in [1.29, 1.82) is 0 Å². The van der Waals surface area contributed by atoms with Crippen molar-refractivity contribution in [1.82, 2.24) is 5.48 Å². The number of hydrogen-bond donors (Lipinski definition) is 1. The summed E-state index contributed by atoms with van der Waals surface area (Å²) in [7, 11) is 3.29. The first kappa shape index (κ1) is 11.2. The van der Waals surface area contributed by atoms with E-state index in [1.54, 1.807) is 14.2 Å². The Balaban J connectivity index is 2.42. The minimum atomic E-state index is 0.169. The molecule has 1 aromatic rings. The molecule has 1 aliphatic heterocycles. The number of ether oxygens (including phenoxy) is 2. The van der Waals surface area contributed by atoms with Crippen molar-refractivity contribution in [3.8, 4) is 11.5 Å². The first-order valence-corrected chi connectivity index (χ1v) is 5.36. The number of nitrogens with one attached hydrogen (secondary N) is 1. The molecule has 0 amide bonds. The summed E-state index contributed by atoms with van der Waals surface area (Å²) in [5.41, 5.74) is 5.24. The zero-order valence-corrected chi connectivity index (χ0v) is 9.87. The molecule has 0 saturated carbocycles. The van der Waals surface area contributed by atoms with Crippen LogP contribution in [-0.4, -0.2) is 20.8 Å². The van der Waals surface area contributed by atoms with Gasteiger partial charge in [0.25, 0.3) is 0 Å². The third-order valence-corrected chi connectivity index (χ3v) is 2.74. The third kappa shape index (κ3) is 1.99. The van der Waals surface area contributed by atoms with Crippen molar-refractivity contribution in [3.05, 3.63) is 23.3 Å². The van der Waals surface area contributed by atoms with Gasteiger partial charge in [0.15, 0.2) is 11.5 Å². The quantitative estimate of drug-likeness (QED) is 0.795. The normalized spacial score (nSPS) is 18.8. The fourth-order valence-corrected chi connectivity index (χ4v) is 2.03. The van der Waals surface area contributed by atoms with Gasteiger partial charge in [-0.2, -0.15) is 5.48 Å². The summed E-state index contributed by atoms with van der Waals surface area (Å²) in [6, 6.07) is 4.25. The molecule has 0 aliphatic carbocycles. The maximum absolute atomic E-state index is 5.66. The Morgan fingerprint density at radius 1 is 1.38 bits per heavy atom. The smallest absolute Gasteiger partial charge is 0.166 e. The summed E-state index contributed by atoms with van der Waals surface area (Å²) in [6.07, 6.45) is 0.896. The molecule has 1 N–H and O–H groups in total. The van der Waals surface area contributed by atoms with Crippen molar-refractivity contribution in [3.63, 3.8) is 0 Å². The van der Waals surface area contributed by atoms with Gasteiger partial charge in [-0.25, -0.2) is 0 Å². The van der Waals surface area contributed by atoms with Crippen LogP contribution in [-0.2, 0) is 4.84 Å². The molecule has 0 radical (unpaired) electrons. The molecule has 16 heavy (non-hydrogen) atoms. The van der Waals surface area contributed by atoms with Crippen LogP contribution < -0.4 is 15.0 Å². The number of aryl methyl sites for hydroxylation is 1. The molecule has 1 unspecified atom stereocenters. The zero-order valence-electron chi connectivity index (χ0n) is 9.87. The van der Waals surface area contributed by atoms with Gasteiger partial charge in [-0.15, -0.1) is 0 Å². The number of fused-ring (bicyclic) bond motifs is 1. The maximum atomic E-state index is 5.66. The second kappa shape index (κ2) is 4.72. The largest absolute Gasteiger partial charge is 0.493 e. The highest BCUT2D eigenvalue weighted by Crippen LogP contribution is 2.40. The molecule has 0 aromatic heterocycles. The summed E-state index contributed by atoms with van der Waals surface area (Å²) in [5.74, 6) is 1.62. The van der Waals surface area contributed by atoms with E-state index in [1.165, 1.54) is 0 Å². The highest BCUT2D eigenvalue weighted by Gasteiger charge is 2.24. The molecule has 0 bridgehead atoms. The van der Waals surface area contributed by atoms with Gasteiger partial charge < -0.3 is 14.3 Å². The van der Waals surface area contributed by atoms with E-state index in [2.05, 4.69) is 11.5 Å². The van der Waals surface area contributed by atoms with Gasteiger partial charge in [-0.1, -0.05) is 6.07 Å². The molecule has 1 atom stereocenters. The van der Waals surface area contributed by atoms with Gasteiger partial charge in [0.2, 0.25) is 0 Å². The van der Waals surface area contributed by atoms with E-state index < -0.39 is 0 Å². The van der Waals surface area contributed by atoms with Gasteiger partial charge in [-0.05, 0) is 18.6 Å². The predicted octanol–water partition coefficient (Wildman–Crippen LogP) is 1.98. The summed E-state index contributed by atoms with van der Waals surface area (Å²) in [5, 5.41) is 0. The molecule has 88 valence electrons. The molecule has 0 fully saturated rings. The minimum absolute atomic E-state index is 0.169. The first-order chi connectivity index (χ1) is 7.76. The highest BCUT2D eigenvalue weighted by atomic mass is 16.6. The number of methoxy groups -OCH3 is 1. The summed E-state index contributed by atoms with van der Waals surface area (Å²) < 4.78 is 11.0. The average molecular weight is 223 g/mol. The van der Waals surface area contributed by atoms with Crippen LogP contribution in [0.1, 0.15) is 23.6 Å². The molecule has 1 aliphatic rings. The summed E-state index contributed by atoms with van der Waals surface area (Å²) in [6.45, 7) is 2.72. The second-order valence-electron chi connectivity index (χ2n) is 3.90. The lowest BCUT2D eigenvalue weighted by Gasteiger charge is -2.27. The Hall–Kier alpha value is -1.26. The van der Waals surface area contributed by atoms with Crippen LogP contribution in [0.2, 0.25) is 0 Å². The van der Waals surface area contributed by atoms with Gasteiger partial charge in [-0.3, -0.25) is 0 Å². The van der Waals surface area contributed by atoms with E-state index in [0.717, 1.165) is 29.0 Å². The topological polar surface area (TPSA) is 39.7 Å². The SMILES string of the molecule is CONC1CCOc2c(OC)cc(C)cc21. The summed E-state index contributed by atoms with van der Waals surface area (Å²) in [4.78, 5) is 5.01. The summed E-state index contributed by atoms with van der Waals surface area (Å²) >= 11 is 0. The van der Waals surface area contributed by atoms with E-state index in [1.807, 2.05) is 13.0 Å². The van der Waals surface area contributed by atoms with Crippen LogP contribution in [0.15, 0.2) is 12.1 Å². The number of rotatable bonds is 3. The Morgan fingerprint density at radius 2 is 2.19 bits per heavy atom. The van der Waals surface area contributed by atoms with Crippen LogP contribution in [0.4, 0.5) is 0 Å². The Kier molecular flexibility index (Phi) is 3.31. The molecule has 1 heterocycles. The van der Waals surface area contributed by atoms with Crippen molar-refractivity contribution in [2.24, 2.45) is 0 Å². The van der Waals surface area contributed by atoms with Crippen molar-refractivity contribution < 1.29 is 14.3 Å². The minimum Gasteiger partial charge on any atom is -0.493 e. The van der Waals surface area contributed by atoms with Crippen molar-refractivity contribution in [2.45, 2.75) is 19.4 Å². The van der Waals surface area contributed by atoms with Crippen LogP contribution in [0.25, 0.3) is 0 Å². The molecule has 4 nitrogen and oxygen atoms in total. The Morgan fingerprint density at radius 3 is 2.88 bits per heavy atom. The standard InChI is InChI=1S/C12H17NO3/c1-8-6-9-10(13-15-3)4-5-16-12(9)11(7-8)14-2/h6-7,10,13H,4-5H2,1-3H3. The highest BCUT2D eigenvalue weighted by molar-refractivity contribution is 5.51. The molecule has 0 spiro atoms. The number of hydrogen-bond acceptors (Lipinski definition) is 4. The van der Waals surface area contributed by atoms with E-state index in [0.29, 0.717) is 6.61 Å². The fourth-order valence-electron chi connectivity index (χ4n) is 2.03.